The molecule has 1 aromatic carbocycles. The summed E-state index contributed by atoms with van der Waals surface area (Å²) in [5, 5.41) is 16.1. The number of carboxylic acids is 1. The molecule has 3 rings (SSSR count). The Morgan fingerprint density at radius 2 is 2.06 bits per heavy atom. The van der Waals surface area contributed by atoms with E-state index in [0.29, 0.717) is 18.4 Å². The number of nitrogens with zero attached hydrogens (tertiary/aromatic N) is 2. The van der Waals surface area contributed by atoms with Gasteiger partial charge in [0, 0.05) is 28.6 Å². The van der Waals surface area contributed by atoms with Gasteiger partial charge in [0.25, 0.3) is 0 Å². The number of halogens is 2. The van der Waals surface area contributed by atoms with E-state index in [4.69, 9.17) is 32.5 Å². The molecule has 2 heterocycles. The van der Waals surface area contributed by atoms with Crippen molar-refractivity contribution in [2.75, 3.05) is 13.2 Å². The number of alkyl carbamates (subject to hydrolysis) is 1. The van der Waals surface area contributed by atoms with E-state index in [9.17, 15) is 23.1 Å². The lowest BCUT2D eigenvalue weighted by Gasteiger charge is -2.24. The number of hydrogen-bond acceptors (Lipinski definition) is 7. The van der Waals surface area contributed by atoms with E-state index < -0.39 is 34.2 Å². The number of ether oxygens (including phenoxy) is 1. The van der Waals surface area contributed by atoms with Gasteiger partial charge in [0.2, 0.25) is 10.0 Å². The van der Waals surface area contributed by atoms with Crippen molar-refractivity contribution in [1.29, 1.82) is 0 Å². The van der Waals surface area contributed by atoms with Gasteiger partial charge in [-0.3, -0.25) is 0 Å². The molecular weight excluding hydrogens is 497 g/mol. The zero-order valence-electron chi connectivity index (χ0n) is 17.2. The third-order valence-corrected chi connectivity index (χ3v) is 7.31. The van der Waals surface area contributed by atoms with E-state index in [1.54, 1.807) is 0 Å². The standard InChI is InChI=1S/C20H21Cl2N3O7S/c1-2-6-31-20(28)23-16(19(26)27)7-12-11-32-24-18(12)17-4-3-5-25(17)33(29,30)15-9-13(21)8-14(22)10-15/h2,8-11,16-17H,1,3-7H2,(H,23,28)(H,26,27). The van der Waals surface area contributed by atoms with E-state index in [0.717, 1.165) is 0 Å². The topological polar surface area (TPSA) is 139 Å². The summed E-state index contributed by atoms with van der Waals surface area (Å²) in [6, 6.07) is 2.00. The van der Waals surface area contributed by atoms with Gasteiger partial charge in [0.15, 0.2) is 0 Å². The molecule has 0 aliphatic carbocycles. The molecule has 1 aliphatic rings. The molecule has 2 aromatic rings. The fourth-order valence-electron chi connectivity index (χ4n) is 3.55. The lowest BCUT2D eigenvalue weighted by molar-refractivity contribution is -0.139. The molecule has 0 spiro atoms. The lowest BCUT2D eigenvalue weighted by atomic mass is 10.0. The van der Waals surface area contributed by atoms with Gasteiger partial charge in [-0.05, 0) is 31.0 Å². The van der Waals surface area contributed by atoms with Crippen LogP contribution in [0.15, 0.2) is 46.5 Å². The van der Waals surface area contributed by atoms with Crippen molar-refractivity contribution in [3.8, 4) is 0 Å². The fraction of sp³-hybridized carbons (Fsp3) is 0.350. The summed E-state index contributed by atoms with van der Waals surface area (Å²) in [6.45, 7) is 3.55. The fourth-order valence-corrected chi connectivity index (χ4v) is 5.93. The second kappa shape index (κ2) is 10.6. The number of carbonyl (C=O) groups is 2. The Labute approximate surface area is 200 Å². The minimum absolute atomic E-state index is 0.0630. The minimum Gasteiger partial charge on any atom is -0.480 e. The molecule has 13 heteroatoms. The van der Waals surface area contributed by atoms with Crippen LogP contribution in [0.3, 0.4) is 0 Å². The summed E-state index contributed by atoms with van der Waals surface area (Å²) >= 11 is 12.0. The Balaban J connectivity index is 1.85. The number of carbonyl (C=O) groups excluding carboxylic acids is 1. The molecule has 2 unspecified atom stereocenters. The first kappa shape index (κ1) is 25.0. The molecule has 1 saturated heterocycles. The second-order valence-electron chi connectivity index (χ2n) is 7.23. The number of amides is 1. The number of benzene rings is 1. The zero-order valence-corrected chi connectivity index (χ0v) is 19.6. The van der Waals surface area contributed by atoms with Crippen LogP contribution in [0.4, 0.5) is 4.79 Å². The molecule has 1 aromatic heterocycles. The maximum absolute atomic E-state index is 13.3. The number of carboxylic acid groups (broad SMARTS) is 1. The zero-order chi connectivity index (χ0) is 24.2. The molecule has 178 valence electrons. The number of aliphatic carboxylic acids is 1. The number of aromatic nitrogens is 1. The summed E-state index contributed by atoms with van der Waals surface area (Å²) in [5.41, 5.74) is 0.624. The highest BCUT2D eigenvalue weighted by molar-refractivity contribution is 7.89. The molecule has 1 amide bonds. The highest BCUT2D eigenvalue weighted by Gasteiger charge is 2.39. The molecule has 1 fully saturated rings. The van der Waals surface area contributed by atoms with Gasteiger partial charge in [0.1, 0.15) is 24.6 Å². The lowest BCUT2D eigenvalue weighted by Crippen LogP contribution is -2.42. The summed E-state index contributed by atoms with van der Waals surface area (Å²) in [7, 11) is -3.98. The average Bonchev–Trinajstić information content (AvgIpc) is 3.40. The molecule has 2 N–H and O–H groups in total. The molecular formula is C20H21Cl2N3O7S. The van der Waals surface area contributed by atoms with Crippen LogP contribution >= 0.6 is 23.2 Å². The van der Waals surface area contributed by atoms with Gasteiger partial charge in [-0.1, -0.05) is 41.0 Å². The van der Waals surface area contributed by atoms with Gasteiger partial charge in [-0.15, -0.1) is 0 Å². The molecule has 10 nitrogen and oxygen atoms in total. The van der Waals surface area contributed by atoms with Crippen molar-refractivity contribution < 1.29 is 32.4 Å². The van der Waals surface area contributed by atoms with E-state index >= 15 is 0 Å². The van der Waals surface area contributed by atoms with Gasteiger partial charge in [-0.25, -0.2) is 18.0 Å². The third-order valence-electron chi connectivity index (χ3n) is 4.98. The summed E-state index contributed by atoms with van der Waals surface area (Å²) in [5.74, 6) is -1.30. The van der Waals surface area contributed by atoms with Crippen molar-refractivity contribution in [3.63, 3.8) is 0 Å². The van der Waals surface area contributed by atoms with Crippen LogP contribution in [0, 0.1) is 0 Å². The van der Waals surface area contributed by atoms with E-state index in [2.05, 4.69) is 17.1 Å². The summed E-state index contributed by atoms with van der Waals surface area (Å²) < 4.78 is 37.7. The van der Waals surface area contributed by atoms with Crippen LogP contribution < -0.4 is 5.32 Å². The van der Waals surface area contributed by atoms with Crippen molar-refractivity contribution in [2.45, 2.75) is 36.2 Å². The van der Waals surface area contributed by atoms with Crippen molar-refractivity contribution >= 4 is 45.3 Å². The Morgan fingerprint density at radius 1 is 1.36 bits per heavy atom. The van der Waals surface area contributed by atoms with Crippen molar-refractivity contribution in [3.05, 3.63) is 58.4 Å². The molecule has 1 aliphatic heterocycles. The Bertz CT molecular complexity index is 1130. The van der Waals surface area contributed by atoms with Crippen molar-refractivity contribution in [1.82, 2.24) is 14.8 Å². The second-order valence-corrected chi connectivity index (χ2v) is 9.99. The largest absolute Gasteiger partial charge is 0.480 e. The van der Waals surface area contributed by atoms with Gasteiger partial charge >= 0.3 is 12.1 Å². The van der Waals surface area contributed by atoms with Gasteiger partial charge < -0.3 is 19.7 Å². The van der Waals surface area contributed by atoms with Crippen LogP contribution in [-0.4, -0.2) is 54.2 Å². The Kier molecular flexibility index (Phi) is 8.01. The molecule has 0 bridgehead atoms. The highest BCUT2D eigenvalue weighted by atomic mass is 35.5. The monoisotopic (exact) mass is 517 g/mol. The van der Waals surface area contributed by atoms with Crippen molar-refractivity contribution in [2.24, 2.45) is 0 Å². The van der Waals surface area contributed by atoms with Crippen LogP contribution in [0.5, 0.6) is 0 Å². The SMILES string of the molecule is C=CCOC(=O)NC(Cc1conc1C1CCCN1S(=O)(=O)c1cc(Cl)cc(Cl)c1)C(=O)O. The quantitative estimate of drug-likeness (QED) is 0.482. The number of rotatable bonds is 9. The predicted molar refractivity (Wildman–Crippen MR) is 119 cm³/mol. The normalized spacial score (nSPS) is 17.5. The molecule has 2 atom stereocenters. The van der Waals surface area contributed by atoms with Crippen LogP contribution in [0.2, 0.25) is 10.0 Å². The maximum Gasteiger partial charge on any atom is 0.408 e. The molecule has 33 heavy (non-hydrogen) atoms. The maximum atomic E-state index is 13.3. The average molecular weight is 518 g/mol. The highest BCUT2D eigenvalue weighted by Crippen LogP contribution is 2.38. The van der Waals surface area contributed by atoms with Crippen LogP contribution in [-0.2, 0) is 26.0 Å². The molecule has 0 radical (unpaired) electrons. The third kappa shape index (κ3) is 5.85. The summed E-state index contributed by atoms with van der Waals surface area (Å²) in [6.07, 6.45) is 2.46. The minimum atomic E-state index is -3.98. The first-order valence-corrected chi connectivity index (χ1v) is 12.0. The van der Waals surface area contributed by atoms with E-state index in [-0.39, 0.29) is 40.2 Å². The first-order chi connectivity index (χ1) is 15.6. The smallest absolute Gasteiger partial charge is 0.408 e. The number of sulfonamides is 1. The van der Waals surface area contributed by atoms with Crippen LogP contribution in [0.1, 0.15) is 30.1 Å². The Hall–Kier alpha value is -2.60. The predicted octanol–water partition coefficient (Wildman–Crippen LogP) is 3.42. The summed E-state index contributed by atoms with van der Waals surface area (Å²) in [4.78, 5) is 23.4. The first-order valence-electron chi connectivity index (χ1n) is 9.81. The number of nitrogens with one attached hydrogen (secondary N) is 1. The van der Waals surface area contributed by atoms with Gasteiger partial charge in [-0.2, -0.15) is 4.31 Å². The van der Waals surface area contributed by atoms with E-state index in [1.165, 1.54) is 34.8 Å². The number of hydrogen-bond donors (Lipinski definition) is 2. The van der Waals surface area contributed by atoms with Crippen LogP contribution in [0.25, 0.3) is 0 Å². The Morgan fingerprint density at radius 3 is 2.70 bits per heavy atom. The van der Waals surface area contributed by atoms with Gasteiger partial charge in [0.05, 0.1) is 10.9 Å². The van der Waals surface area contributed by atoms with E-state index in [1.807, 2.05) is 0 Å². The molecule has 0 saturated carbocycles.